The maximum absolute atomic E-state index is 13.5. The Labute approximate surface area is 317 Å². The van der Waals surface area contributed by atoms with E-state index in [1.807, 2.05) is 13.0 Å². The second kappa shape index (κ2) is 15.6. The van der Waals surface area contributed by atoms with Crippen molar-refractivity contribution in [3.63, 3.8) is 0 Å². The molecule has 0 spiro atoms. The summed E-state index contributed by atoms with van der Waals surface area (Å²) in [4.78, 5) is 50.0. The summed E-state index contributed by atoms with van der Waals surface area (Å²) < 4.78 is 50.9. The lowest BCUT2D eigenvalue weighted by Gasteiger charge is -2.60. The molecule has 0 amide bonds. The Morgan fingerprint density at radius 1 is 1.05 bits per heavy atom. The van der Waals surface area contributed by atoms with E-state index in [4.69, 9.17) is 18.9 Å². The van der Waals surface area contributed by atoms with Crippen LogP contribution in [-0.4, -0.2) is 92.0 Å². The summed E-state index contributed by atoms with van der Waals surface area (Å²) in [7, 11) is -4.27. The van der Waals surface area contributed by atoms with E-state index in [1.54, 1.807) is 18.2 Å². The lowest BCUT2D eigenvalue weighted by molar-refractivity contribution is -0.832. The van der Waals surface area contributed by atoms with Crippen molar-refractivity contribution >= 4 is 33.3 Å². The molecule has 4 aliphatic rings. The highest BCUT2D eigenvalue weighted by atomic mass is 32.2. The van der Waals surface area contributed by atoms with Gasteiger partial charge in [0.05, 0.1) is 42.2 Å². The van der Waals surface area contributed by atoms with Crippen LogP contribution in [0.3, 0.4) is 0 Å². The third-order valence-electron chi connectivity index (χ3n) is 12.1. The summed E-state index contributed by atoms with van der Waals surface area (Å²) >= 11 is 0. The van der Waals surface area contributed by atoms with E-state index >= 15 is 0 Å². The Morgan fingerprint density at radius 3 is 2.47 bits per heavy atom. The molecule has 1 aromatic heterocycles. The standard InChI is InChI=1S/C38H46N2O14S/c1-23-19-26-27-12-14-38(46,37(27,3)21-29(42)33(26)36(2)13-11-24(41)20-28(23)36)30(43)22-53-32(45)10-9-31(44)51-17-15-50-16-18-52-34-35(40(47)54-39-34)55(48,49)25-7-5-4-6-8-25/h4-8,11,13,20,23,26-27,29,33,42,46H,9-10,12,14-19,21-22H2,1-3H3/t23-,26-,27?,29-,33+,36-,37-,38-/m0/s1. The van der Waals surface area contributed by atoms with Gasteiger partial charge in [-0.2, -0.15) is 0 Å². The van der Waals surface area contributed by atoms with Gasteiger partial charge in [0.25, 0.3) is 9.84 Å². The Bertz CT molecular complexity index is 1980. The molecule has 55 heavy (non-hydrogen) atoms. The highest BCUT2D eigenvalue weighted by Gasteiger charge is 2.68. The van der Waals surface area contributed by atoms with Gasteiger partial charge in [0, 0.05) is 16.7 Å². The third kappa shape index (κ3) is 7.46. The number of Topliss-reactive ketones (excluding diaryl/α,β-unsaturated/α-hetero) is 1. The van der Waals surface area contributed by atoms with Gasteiger partial charge in [-0.15, -0.1) is 0 Å². The van der Waals surface area contributed by atoms with Crippen LogP contribution in [0.15, 0.2) is 68.7 Å². The van der Waals surface area contributed by atoms with Crippen LogP contribution in [0.25, 0.3) is 0 Å². The maximum atomic E-state index is 13.5. The van der Waals surface area contributed by atoms with Crippen LogP contribution in [0.4, 0.5) is 0 Å². The number of ketones is 2. The summed E-state index contributed by atoms with van der Waals surface area (Å²) in [6, 6.07) is 7.21. The van der Waals surface area contributed by atoms with Crippen LogP contribution in [0.5, 0.6) is 5.88 Å². The van der Waals surface area contributed by atoms with E-state index in [0.717, 1.165) is 12.0 Å². The molecule has 1 aromatic carbocycles. The number of allylic oxidation sites excluding steroid dienone is 4. The molecular formula is C38H46N2O14S. The quantitative estimate of drug-likeness (QED) is 0.150. The molecule has 17 heteroatoms. The van der Waals surface area contributed by atoms with Crippen molar-refractivity contribution < 1.29 is 66.3 Å². The third-order valence-corrected chi connectivity index (χ3v) is 13.9. The lowest BCUT2D eigenvalue weighted by atomic mass is 9.45. The number of carbonyl (C=O) groups excluding carboxylic acids is 4. The summed E-state index contributed by atoms with van der Waals surface area (Å²) in [5.41, 5.74) is -2.27. The fourth-order valence-electron chi connectivity index (χ4n) is 9.58. The van der Waals surface area contributed by atoms with Crippen LogP contribution in [0.1, 0.15) is 59.3 Å². The molecule has 3 saturated carbocycles. The van der Waals surface area contributed by atoms with Gasteiger partial charge in [-0.1, -0.05) is 50.6 Å². The predicted octanol–water partition coefficient (Wildman–Crippen LogP) is 2.23. The zero-order valence-electron chi connectivity index (χ0n) is 30.9. The molecule has 1 unspecified atom stereocenters. The maximum Gasteiger partial charge on any atom is 0.415 e. The van der Waals surface area contributed by atoms with Crippen LogP contribution >= 0.6 is 0 Å². The first kappa shape index (κ1) is 40.2. The van der Waals surface area contributed by atoms with Gasteiger partial charge in [-0.05, 0) is 72.6 Å². The van der Waals surface area contributed by atoms with E-state index in [0.29, 0.717) is 6.42 Å². The lowest BCUT2D eigenvalue weighted by Crippen LogP contribution is -2.62. The first-order valence-corrected chi connectivity index (χ1v) is 19.8. The number of fused-ring (bicyclic) bond motifs is 5. The zero-order chi connectivity index (χ0) is 39.8. The topological polar surface area (TPSA) is 233 Å². The van der Waals surface area contributed by atoms with E-state index in [1.165, 1.54) is 24.3 Å². The molecule has 0 saturated heterocycles. The number of rotatable bonds is 15. The Hall–Kier alpha value is -4.45. The van der Waals surface area contributed by atoms with Crippen molar-refractivity contribution in [2.45, 2.75) is 80.9 Å². The molecule has 6 rings (SSSR count). The zero-order valence-corrected chi connectivity index (χ0v) is 31.7. The van der Waals surface area contributed by atoms with Crippen molar-refractivity contribution in [1.82, 2.24) is 5.16 Å². The number of aromatic nitrogens is 2. The number of aliphatic hydroxyl groups excluding tert-OH is 1. The van der Waals surface area contributed by atoms with Gasteiger partial charge in [-0.25, -0.2) is 8.42 Å². The van der Waals surface area contributed by atoms with Crippen LogP contribution in [0.2, 0.25) is 0 Å². The molecular weight excluding hydrogens is 740 g/mol. The van der Waals surface area contributed by atoms with Gasteiger partial charge < -0.3 is 34.4 Å². The molecule has 2 N–H and O–H groups in total. The molecule has 2 aromatic rings. The number of hydrogen-bond acceptors (Lipinski definition) is 15. The number of benzene rings is 1. The molecule has 3 fully saturated rings. The fraction of sp³-hybridized carbons (Fsp3) is 0.579. The molecule has 0 bridgehead atoms. The van der Waals surface area contributed by atoms with E-state index in [-0.39, 0.29) is 91.4 Å². The van der Waals surface area contributed by atoms with Gasteiger partial charge in [0.2, 0.25) is 5.78 Å². The van der Waals surface area contributed by atoms with Gasteiger partial charge in [0.1, 0.15) is 18.8 Å². The monoisotopic (exact) mass is 786 g/mol. The van der Waals surface area contributed by atoms with Crippen LogP contribution < -0.4 is 9.64 Å². The molecule has 4 aliphatic carbocycles. The highest BCUT2D eigenvalue weighted by molar-refractivity contribution is 7.91. The average molecular weight is 787 g/mol. The first-order chi connectivity index (χ1) is 26.0. The summed E-state index contributed by atoms with van der Waals surface area (Å²) in [5.74, 6) is -2.94. The first-order valence-electron chi connectivity index (χ1n) is 18.3. The summed E-state index contributed by atoms with van der Waals surface area (Å²) in [6.07, 6.45) is 5.26. The van der Waals surface area contributed by atoms with Gasteiger partial charge in [-0.3, -0.25) is 23.8 Å². The largest absolute Gasteiger partial charge is 0.463 e. The molecule has 0 aliphatic heterocycles. The predicted molar refractivity (Wildman–Crippen MR) is 187 cm³/mol. The van der Waals surface area contributed by atoms with Crippen molar-refractivity contribution in [3.8, 4) is 5.88 Å². The normalized spacial score (nSPS) is 31.1. The van der Waals surface area contributed by atoms with E-state index < -0.39 is 67.6 Å². The minimum absolute atomic E-state index is 0.00384. The second-order valence-corrected chi connectivity index (χ2v) is 17.1. The number of sulfone groups is 1. The Kier molecular flexibility index (Phi) is 11.4. The van der Waals surface area contributed by atoms with Crippen molar-refractivity contribution in [3.05, 3.63) is 59.3 Å². The molecule has 0 radical (unpaired) electrons. The summed E-state index contributed by atoms with van der Waals surface area (Å²) in [6.45, 7) is 4.76. The second-order valence-electron chi connectivity index (χ2n) is 15.3. The van der Waals surface area contributed by atoms with E-state index in [9.17, 15) is 43.0 Å². The average Bonchev–Trinajstić information content (AvgIpc) is 3.66. The van der Waals surface area contributed by atoms with Crippen LogP contribution in [-0.2, 0) is 43.2 Å². The molecule has 298 valence electrons. The number of hydrogen-bond donors (Lipinski definition) is 2. The fourth-order valence-corrected chi connectivity index (χ4v) is 10.9. The molecule has 8 atom stereocenters. The van der Waals surface area contributed by atoms with Gasteiger partial charge >= 0.3 is 22.8 Å². The number of ether oxygens (including phenoxy) is 4. The number of nitrogens with zero attached hydrogens (tertiary/aromatic N) is 2. The van der Waals surface area contributed by atoms with Crippen LogP contribution in [0, 0.1) is 39.7 Å². The van der Waals surface area contributed by atoms with Crippen molar-refractivity contribution in [1.29, 1.82) is 0 Å². The Morgan fingerprint density at radius 2 is 1.75 bits per heavy atom. The molecule has 1 heterocycles. The molecule has 16 nitrogen and oxygen atoms in total. The minimum Gasteiger partial charge on any atom is -0.463 e. The smallest absolute Gasteiger partial charge is 0.415 e. The van der Waals surface area contributed by atoms with Crippen molar-refractivity contribution in [2.24, 2.45) is 34.5 Å². The van der Waals surface area contributed by atoms with E-state index in [2.05, 4.69) is 23.6 Å². The Balaban J connectivity index is 0.906. The van der Waals surface area contributed by atoms with Gasteiger partial charge in [0.15, 0.2) is 12.4 Å². The number of carbonyl (C=O) groups is 4. The SMILES string of the molecule is C[C@H]1C[C@H]2C3CC[C@](O)(C(=O)COC(=O)CCC(=O)OCCOCCOc4no[n+]([O-])c4S(=O)(=O)c4ccccc4)[C@@]3(C)C[C@H](O)[C@@H]2[C@@]2(C)C=CC(=O)C=C12. The number of aliphatic hydroxyl groups is 2. The highest BCUT2D eigenvalue weighted by Crippen LogP contribution is 2.67. The van der Waals surface area contributed by atoms with Crippen molar-refractivity contribution in [2.75, 3.05) is 33.0 Å². The number of esters is 2. The summed E-state index contributed by atoms with van der Waals surface area (Å²) in [5, 5.41) is 38.0. The minimum atomic E-state index is -4.27.